The smallest absolute Gasteiger partial charge is 0.311 e. The summed E-state index contributed by atoms with van der Waals surface area (Å²) in [6, 6.07) is 4.32. The standard InChI is InChI=1S/C9H7NO4/c11-9-4-2-6-1-3-7(10(12)13)5-8(6)14-9/h1,3,5H,2,4H2. The van der Waals surface area contributed by atoms with Gasteiger partial charge in [0.25, 0.3) is 5.69 Å². The number of rotatable bonds is 1. The zero-order valence-electron chi connectivity index (χ0n) is 7.23. The topological polar surface area (TPSA) is 69.4 Å². The van der Waals surface area contributed by atoms with E-state index in [0.717, 1.165) is 5.56 Å². The number of hydrogen-bond acceptors (Lipinski definition) is 4. The Hall–Kier alpha value is -1.91. The van der Waals surface area contributed by atoms with Gasteiger partial charge in [0, 0.05) is 6.07 Å². The predicted molar refractivity (Wildman–Crippen MR) is 47.1 cm³/mol. The summed E-state index contributed by atoms with van der Waals surface area (Å²) in [4.78, 5) is 20.8. The van der Waals surface area contributed by atoms with E-state index in [-0.39, 0.29) is 11.7 Å². The number of nitro benzene ring substituents is 1. The molecule has 1 aliphatic rings. The van der Waals surface area contributed by atoms with Crippen LogP contribution < -0.4 is 4.74 Å². The van der Waals surface area contributed by atoms with E-state index < -0.39 is 4.92 Å². The van der Waals surface area contributed by atoms with Crippen LogP contribution in [0.15, 0.2) is 18.2 Å². The molecule has 0 fully saturated rings. The van der Waals surface area contributed by atoms with Crippen LogP contribution in [-0.4, -0.2) is 10.9 Å². The third kappa shape index (κ3) is 1.44. The highest BCUT2D eigenvalue weighted by Gasteiger charge is 2.19. The number of non-ortho nitro benzene ring substituents is 1. The van der Waals surface area contributed by atoms with E-state index in [1.165, 1.54) is 12.1 Å². The summed E-state index contributed by atoms with van der Waals surface area (Å²) in [5.41, 5.74) is 0.786. The molecule has 2 rings (SSSR count). The summed E-state index contributed by atoms with van der Waals surface area (Å²) >= 11 is 0. The first-order valence-corrected chi connectivity index (χ1v) is 4.15. The maximum Gasteiger partial charge on any atom is 0.311 e. The van der Waals surface area contributed by atoms with Gasteiger partial charge in [-0.05, 0) is 18.1 Å². The molecule has 0 unspecified atom stereocenters. The lowest BCUT2D eigenvalue weighted by atomic mass is 10.1. The molecule has 1 heterocycles. The minimum atomic E-state index is -0.511. The maximum absolute atomic E-state index is 10.9. The molecular weight excluding hydrogens is 186 g/mol. The minimum absolute atomic E-state index is 0.0570. The molecule has 1 aromatic rings. The second kappa shape index (κ2) is 3.10. The number of benzene rings is 1. The SMILES string of the molecule is O=C1CCc2ccc([N+](=O)[O-])cc2O1. The van der Waals surface area contributed by atoms with Crippen LogP contribution >= 0.6 is 0 Å². The summed E-state index contributed by atoms with van der Waals surface area (Å²) in [5, 5.41) is 10.4. The highest BCUT2D eigenvalue weighted by Crippen LogP contribution is 2.29. The van der Waals surface area contributed by atoms with E-state index in [1.807, 2.05) is 0 Å². The molecule has 0 amide bonds. The molecule has 0 atom stereocenters. The summed E-state index contributed by atoms with van der Waals surface area (Å²) in [6.07, 6.45) is 0.928. The molecule has 0 bridgehead atoms. The van der Waals surface area contributed by atoms with Crippen LogP contribution in [0.25, 0.3) is 0 Å². The molecule has 14 heavy (non-hydrogen) atoms. The Labute approximate surface area is 79.4 Å². The number of aryl methyl sites for hydroxylation is 1. The fraction of sp³-hybridized carbons (Fsp3) is 0.222. The van der Waals surface area contributed by atoms with Crippen molar-refractivity contribution in [2.24, 2.45) is 0 Å². The van der Waals surface area contributed by atoms with Gasteiger partial charge in [0.15, 0.2) is 0 Å². The Morgan fingerprint density at radius 2 is 2.14 bits per heavy atom. The van der Waals surface area contributed by atoms with Crippen LogP contribution in [0.4, 0.5) is 5.69 Å². The van der Waals surface area contributed by atoms with Crippen LogP contribution in [0, 0.1) is 10.1 Å². The van der Waals surface area contributed by atoms with Crippen molar-refractivity contribution >= 4 is 11.7 Å². The van der Waals surface area contributed by atoms with Crippen LogP contribution in [0.5, 0.6) is 5.75 Å². The van der Waals surface area contributed by atoms with E-state index in [9.17, 15) is 14.9 Å². The van der Waals surface area contributed by atoms with Crippen molar-refractivity contribution in [2.75, 3.05) is 0 Å². The first-order valence-electron chi connectivity index (χ1n) is 4.15. The van der Waals surface area contributed by atoms with E-state index in [2.05, 4.69) is 0 Å². The molecule has 72 valence electrons. The summed E-state index contributed by atoms with van der Waals surface area (Å²) in [6.45, 7) is 0. The highest BCUT2D eigenvalue weighted by molar-refractivity contribution is 5.75. The fourth-order valence-electron chi connectivity index (χ4n) is 1.37. The Balaban J connectivity index is 2.42. The van der Waals surface area contributed by atoms with Crippen molar-refractivity contribution in [3.8, 4) is 5.75 Å². The number of nitro groups is 1. The van der Waals surface area contributed by atoms with Gasteiger partial charge in [0.1, 0.15) is 5.75 Å². The van der Waals surface area contributed by atoms with Gasteiger partial charge in [-0.25, -0.2) is 0 Å². The Morgan fingerprint density at radius 3 is 2.86 bits per heavy atom. The molecule has 1 aromatic carbocycles. The number of hydrogen-bond donors (Lipinski definition) is 0. The lowest BCUT2D eigenvalue weighted by Gasteiger charge is -2.14. The molecule has 0 aromatic heterocycles. The van der Waals surface area contributed by atoms with Crippen molar-refractivity contribution in [1.82, 2.24) is 0 Å². The average Bonchev–Trinajstić information content (AvgIpc) is 2.16. The molecule has 5 nitrogen and oxygen atoms in total. The second-order valence-corrected chi connectivity index (χ2v) is 3.02. The van der Waals surface area contributed by atoms with Gasteiger partial charge in [0.05, 0.1) is 17.4 Å². The van der Waals surface area contributed by atoms with Gasteiger partial charge < -0.3 is 4.74 Å². The first-order chi connectivity index (χ1) is 6.66. The highest BCUT2D eigenvalue weighted by atomic mass is 16.6. The molecule has 0 radical (unpaired) electrons. The van der Waals surface area contributed by atoms with Gasteiger partial charge in [0.2, 0.25) is 0 Å². The molecule has 0 N–H and O–H groups in total. The molecule has 1 aliphatic heterocycles. The third-order valence-corrected chi connectivity index (χ3v) is 2.08. The van der Waals surface area contributed by atoms with Crippen molar-refractivity contribution in [2.45, 2.75) is 12.8 Å². The van der Waals surface area contributed by atoms with Crippen molar-refractivity contribution in [3.05, 3.63) is 33.9 Å². The van der Waals surface area contributed by atoms with E-state index in [0.29, 0.717) is 18.6 Å². The van der Waals surface area contributed by atoms with Gasteiger partial charge >= 0.3 is 5.97 Å². The average molecular weight is 193 g/mol. The van der Waals surface area contributed by atoms with Gasteiger partial charge in [-0.3, -0.25) is 14.9 Å². The number of carbonyl (C=O) groups excluding carboxylic acids is 1. The number of ether oxygens (including phenoxy) is 1. The molecular formula is C9H7NO4. The van der Waals surface area contributed by atoms with Gasteiger partial charge in [-0.15, -0.1) is 0 Å². The Bertz CT molecular complexity index is 413. The largest absolute Gasteiger partial charge is 0.426 e. The normalized spacial score (nSPS) is 14.4. The predicted octanol–water partition coefficient (Wildman–Crippen LogP) is 1.45. The lowest BCUT2D eigenvalue weighted by Crippen LogP contribution is -2.15. The summed E-state index contributed by atoms with van der Waals surface area (Å²) in [7, 11) is 0. The Morgan fingerprint density at radius 1 is 1.36 bits per heavy atom. The molecule has 5 heteroatoms. The number of fused-ring (bicyclic) bond motifs is 1. The number of nitrogens with zero attached hydrogens (tertiary/aromatic N) is 1. The van der Waals surface area contributed by atoms with Crippen molar-refractivity contribution in [1.29, 1.82) is 0 Å². The van der Waals surface area contributed by atoms with Gasteiger partial charge in [-0.1, -0.05) is 0 Å². The van der Waals surface area contributed by atoms with Crippen LogP contribution in [0.2, 0.25) is 0 Å². The van der Waals surface area contributed by atoms with E-state index in [4.69, 9.17) is 4.74 Å². The lowest BCUT2D eigenvalue weighted by molar-refractivity contribution is -0.384. The minimum Gasteiger partial charge on any atom is -0.426 e. The van der Waals surface area contributed by atoms with E-state index >= 15 is 0 Å². The summed E-state index contributed by atoms with van der Waals surface area (Å²) < 4.78 is 4.88. The van der Waals surface area contributed by atoms with Crippen LogP contribution in [0.1, 0.15) is 12.0 Å². The zero-order valence-corrected chi connectivity index (χ0v) is 7.23. The fourth-order valence-corrected chi connectivity index (χ4v) is 1.37. The Kier molecular flexibility index (Phi) is 1.92. The second-order valence-electron chi connectivity index (χ2n) is 3.02. The number of esters is 1. The monoisotopic (exact) mass is 193 g/mol. The van der Waals surface area contributed by atoms with Gasteiger partial charge in [-0.2, -0.15) is 0 Å². The van der Waals surface area contributed by atoms with E-state index in [1.54, 1.807) is 6.07 Å². The van der Waals surface area contributed by atoms with Crippen LogP contribution in [0.3, 0.4) is 0 Å². The van der Waals surface area contributed by atoms with Crippen molar-refractivity contribution < 1.29 is 14.5 Å². The molecule has 0 saturated heterocycles. The quantitative estimate of drug-likeness (QED) is 0.293. The molecule has 0 aliphatic carbocycles. The maximum atomic E-state index is 10.9. The van der Waals surface area contributed by atoms with Crippen molar-refractivity contribution in [3.63, 3.8) is 0 Å². The number of carbonyl (C=O) groups is 1. The molecule has 0 spiro atoms. The zero-order chi connectivity index (χ0) is 10.1. The van der Waals surface area contributed by atoms with Crippen LogP contribution in [-0.2, 0) is 11.2 Å². The molecule has 0 saturated carbocycles. The third-order valence-electron chi connectivity index (χ3n) is 2.08. The first kappa shape index (κ1) is 8.68. The summed E-state index contributed by atoms with van der Waals surface area (Å²) in [5.74, 6) is -0.0200.